The first-order valence-corrected chi connectivity index (χ1v) is 6.24. The molecule has 2 aliphatic rings. The first-order valence-electron chi connectivity index (χ1n) is 4.95. The number of likely N-dealkylation sites (tertiary alicyclic amines) is 1. The second-order valence-electron chi connectivity index (χ2n) is 4.61. The van der Waals surface area contributed by atoms with Gasteiger partial charge >= 0.3 is 0 Å². The second kappa shape index (κ2) is 3.22. The zero-order valence-corrected chi connectivity index (χ0v) is 8.99. The van der Waals surface area contributed by atoms with Gasteiger partial charge in [0, 0.05) is 18.3 Å². The average molecular weight is 185 g/mol. The third kappa shape index (κ3) is 1.51. The smallest absolute Gasteiger partial charge is 0.00474 e. The van der Waals surface area contributed by atoms with Gasteiger partial charge < -0.3 is 4.90 Å². The number of rotatable bonds is 1. The van der Waals surface area contributed by atoms with E-state index in [2.05, 4.69) is 30.0 Å². The normalized spacial score (nSPS) is 30.5. The van der Waals surface area contributed by atoms with Gasteiger partial charge in [0.1, 0.15) is 0 Å². The van der Waals surface area contributed by atoms with Gasteiger partial charge in [0.15, 0.2) is 0 Å². The van der Waals surface area contributed by atoms with Gasteiger partial charge in [0.25, 0.3) is 0 Å². The topological polar surface area (TPSA) is 3.24 Å². The van der Waals surface area contributed by atoms with Crippen LogP contribution in [0.15, 0.2) is 0 Å². The average Bonchev–Trinajstić information content (AvgIpc) is 2.04. The fraction of sp³-hybridized carbons (Fsp3) is 1.00. The van der Waals surface area contributed by atoms with Gasteiger partial charge in [0.2, 0.25) is 0 Å². The van der Waals surface area contributed by atoms with E-state index in [1.165, 1.54) is 38.8 Å². The molecule has 2 rings (SSSR count). The molecule has 0 aromatic carbocycles. The Balaban J connectivity index is 1.83. The summed E-state index contributed by atoms with van der Waals surface area (Å²) in [5.74, 6) is 0. The summed E-state index contributed by atoms with van der Waals surface area (Å²) >= 11 is 2.07. The largest absolute Gasteiger partial charge is 0.305 e. The lowest BCUT2D eigenvalue weighted by Gasteiger charge is -2.52. The van der Waals surface area contributed by atoms with Crippen LogP contribution in [0.2, 0.25) is 0 Å². The first-order chi connectivity index (χ1) is 5.74. The molecule has 1 aliphatic heterocycles. The molecule has 0 aromatic heterocycles. The SMILES string of the molecule is CSC1CCC2(CC1)CN(C)C2. The van der Waals surface area contributed by atoms with E-state index in [1.807, 2.05) is 0 Å². The molecule has 70 valence electrons. The van der Waals surface area contributed by atoms with Crippen molar-refractivity contribution in [3.05, 3.63) is 0 Å². The molecule has 0 N–H and O–H groups in total. The molecule has 1 nitrogen and oxygen atoms in total. The molecule has 2 fully saturated rings. The molecule has 0 amide bonds. The molecule has 0 atom stereocenters. The lowest BCUT2D eigenvalue weighted by molar-refractivity contribution is -0.00811. The Hall–Kier alpha value is 0.310. The molecule has 0 radical (unpaired) electrons. The Morgan fingerprint density at radius 2 is 1.83 bits per heavy atom. The van der Waals surface area contributed by atoms with Gasteiger partial charge in [-0.3, -0.25) is 0 Å². The number of nitrogens with zero attached hydrogens (tertiary/aromatic N) is 1. The van der Waals surface area contributed by atoms with E-state index < -0.39 is 0 Å². The monoisotopic (exact) mass is 185 g/mol. The Morgan fingerprint density at radius 1 is 1.25 bits per heavy atom. The molecule has 0 unspecified atom stereocenters. The number of hydrogen-bond donors (Lipinski definition) is 0. The molecular weight excluding hydrogens is 166 g/mol. The highest BCUT2D eigenvalue weighted by Crippen LogP contribution is 2.45. The molecule has 1 heterocycles. The van der Waals surface area contributed by atoms with Crippen molar-refractivity contribution in [1.29, 1.82) is 0 Å². The zero-order valence-electron chi connectivity index (χ0n) is 8.18. The van der Waals surface area contributed by atoms with E-state index in [4.69, 9.17) is 0 Å². The van der Waals surface area contributed by atoms with Gasteiger partial charge in [-0.25, -0.2) is 0 Å². The van der Waals surface area contributed by atoms with Crippen LogP contribution in [0.5, 0.6) is 0 Å². The van der Waals surface area contributed by atoms with Crippen LogP contribution in [0.4, 0.5) is 0 Å². The van der Waals surface area contributed by atoms with Crippen LogP contribution in [0.25, 0.3) is 0 Å². The minimum Gasteiger partial charge on any atom is -0.305 e. The molecule has 1 saturated carbocycles. The van der Waals surface area contributed by atoms with Gasteiger partial charge in [-0.1, -0.05) is 0 Å². The van der Waals surface area contributed by atoms with E-state index in [0.29, 0.717) is 0 Å². The summed E-state index contributed by atoms with van der Waals surface area (Å²) in [5.41, 5.74) is 0.765. The predicted octanol–water partition coefficient (Wildman–Crippen LogP) is 2.22. The first kappa shape index (κ1) is 8.89. The van der Waals surface area contributed by atoms with E-state index in [0.717, 1.165) is 10.7 Å². The standard InChI is InChI=1S/C10H19NS/c1-11-7-10(8-11)5-3-9(12-2)4-6-10/h9H,3-8H2,1-2H3. The summed E-state index contributed by atoms with van der Waals surface area (Å²) in [6.07, 6.45) is 8.17. The van der Waals surface area contributed by atoms with E-state index in [1.54, 1.807) is 0 Å². The Kier molecular flexibility index (Phi) is 2.39. The highest BCUT2D eigenvalue weighted by atomic mass is 32.2. The van der Waals surface area contributed by atoms with E-state index in [9.17, 15) is 0 Å². The molecule has 1 saturated heterocycles. The second-order valence-corrected chi connectivity index (χ2v) is 5.75. The van der Waals surface area contributed by atoms with Crippen LogP contribution in [0.1, 0.15) is 25.7 Å². The minimum absolute atomic E-state index is 0.765. The maximum absolute atomic E-state index is 2.46. The third-order valence-electron chi connectivity index (χ3n) is 3.54. The molecular formula is C10H19NS. The van der Waals surface area contributed by atoms with Crippen molar-refractivity contribution >= 4 is 11.8 Å². The summed E-state index contributed by atoms with van der Waals surface area (Å²) < 4.78 is 0. The summed E-state index contributed by atoms with van der Waals surface area (Å²) in [6.45, 7) is 2.74. The van der Waals surface area contributed by atoms with Crippen molar-refractivity contribution in [1.82, 2.24) is 4.90 Å². The van der Waals surface area contributed by atoms with Crippen molar-refractivity contribution in [2.45, 2.75) is 30.9 Å². The summed E-state index contributed by atoms with van der Waals surface area (Å²) in [7, 11) is 2.24. The number of thioether (sulfide) groups is 1. The van der Waals surface area contributed by atoms with Gasteiger partial charge in [-0.15, -0.1) is 0 Å². The van der Waals surface area contributed by atoms with Crippen LogP contribution in [0.3, 0.4) is 0 Å². The van der Waals surface area contributed by atoms with Crippen LogP contribution >= 0.6 is 11.8 Å². The fourth-order valence-corrected chi connectivity index (χ4v) is 3.56. The number of hydrogen-bond acceptors (Lipinski definition) is 2. The summed E-state index contributed by atoms with van der Waals surface area (Å²) in [6, 6.07) is 0. The molecule has 0 bridgehead atoms. The van der Waals surface area contributed by atoms with Gasteiger partial charge in [0.05, 0.1) is 0 Å². The molecule has 0 aromatic rings. The van der Waals surface area contributed by atoms with Crippen LogP contribution < -0.4 is 0 Å². The Labute approximate surface area is 79.9 Å². The van der Waals surface area contributed by atoms with Crippen molar-refractivity contribution in [3.8, 4) is 0 Å². The van der Waals surface area contributed by atoms with Crippen molar-refractivity contribution in [2.75, 3.05) is 26.4 Å². The Morgan fingerprint density at radius 3 is 2.25 bits per heavy atom. The maximum Gasteiger partial charge on any atom is 0.00474 e. The minimum atomic E-state index is 0.765. The van der Waals surface area contributed by atoms with Crippen molar-refractivity contribution < 1.29 is 0 Å². The van der Waals surface area contributed by atoms with Crippen LogP contribution in [0, 0.1) is 5.41 Å². The lowest BCUT2D eigenvalue weighted by atomic mass is 9.69. The molecule has 1 spiro atoms. The molecule has 1 aliphatic carbocycles. The zero-order chi connectivity index (χ0) is 8.60. The van der Waals surface area contributed by atoms with Crippen LogP contribution in [-0.4, -0.2) is 36.5 Å². The molecule has 2 heteroatoms. The van der Waals surface area contributed by atoms with Gasteiger partial charge in [-0.2, -0.15) is 11.8 Å². The highest BCUT2D eigenvalue weighted by Gasteiger charge is 2.42. The van der Waals surface area contributed by atoms with Gasteiger partial charge in [-0.05, 0) is 44.4 Å². The van der Waals surface area contributed by atoms with Crippen molar-refractivity contribution in [3.63, 3.8) is 0 Å². The van der Waals surface area contributed by atoms with E-state index >= 15 is 0 Å². The third-order valence-corrected chi connectivity index (χ3v) is 4.68. The predicted molar refractivity (Wildman–Crippen MR) is 55.7 cm³/mol. The highest BCUT2D eigenvalue weighted by molar-refractivity contribution is 7.99. The Bertz CT molecular complexity index is 153. The van der Waals surface area contributed by atoms with Crippen LogP contribution in [-0.2, 0) is 0 Å². The summed E-state index contributed by atoms with van der Waals surface area (Å²) in [5, 5.41) is 0.974. The summed E-state index contributed by atoms with van der Waals surface area (Å²) in [4.78, 5) is 2.46. The van der Waals surface area contributed by atoms with E-state index in [-0.39, 0.29) is 0 Å². The lowest BCUT2D eigenvalue weighted by Crippen LogP contribution is -2.55. The van der Waals surface area contributed by atoms with Crippen molar-refractivity contribution in [2.24, 2.45) is 5.41 Å². The fourth-order valence-electron chi connectivity index (χ4n) is 2.85. The maximum atomic E-state index is 2.46. The quantitative estimate of drug-likeness (QED) is 0.616. The molecule has 12 heavy (non-hydrogen) atoms.